The molecule has 1 amide bonds. The lowest BCUT2D eigenvalue weighted by Gasteiger charge is -2.16. The van der Waals surface area contributed by atoms with Crippen LogP contribution in [0.25, 0.3) is 0 Å². The van der Waals surface area contributed by atoms with Gasteiger partial charge in [-0.3, -0.25) is 4.79 Å². The Balaban J connectivity index is 1.97. The van der Waals surface area contributed by atoms with Crippen molar-refractivity contribution in [3.8, 4) is 5.75 Å². The molecule has 3 N–H and O–H groups in total. The molecule has 104 valence electrons. The lowest BCUT2D eigenvalue weighted by atomic mass is 10.2. The molecule has 5 heteroatoms. The lowest BCUT2D eigenvalue weighted by Crippen LogP contribution is -2.18. The molecule has 1 aliphatic heterocycles. The molecule has 1 saturated heterocycles. The molecule has 0 bridgehead atoms. The lowest BCUT2D eigenvalue weighted by molar-refractivity contribution is -0.116. The molecule has 5 nitrogen and oxygen atoms in total. The number of hydrogen-bond acceptors (Lipinski definition) is 4. The third-order valence-electron chi connectivity index (χ3n) is 2.95. The van der Waals surface area contributed by atoms with E-state index in [-0.39, 0.29) is 12.0 Å². The minimum absolute atomic E-state index is 0.0378. The summed E-state index contributed by atoms with van der Waals surface area (Å²) in [6.45, 7) is 1.86. The highest BCUT2D eigenvalue weighted by molar-refractivity contribution is 5.92. The van der Waals surface area contributed by atoms with Crippen molar-refractivity contribution in [2.24, 2.45) is 5.73 Å². The van der Waals surface area contributed by atoms with Crippen LogP contribution in [0.5, 0.6) is 5.75 Å². The standard InChI is InChI=1S/C14H20N2O3/c15-8-3-6-14(17)16-12-4-1-2-5-13(12)19-11-7-9-18-10-11/h1-2,4-5,11H,3,6-10,15H2,(H,16,17). The largest absolute Gasteiger partial charge is 0.486 e. The minimum Gasteiger partial charge on any atom is -0.486 e. The van der Waals surface area contributed by atoms with Crippen molar-refractivity contribution in [1.82, 2.24) is 0 Å². The van der Waals surface area contributed by atoms with Gasteiger partial charge in [-0.2, -0.15) is 0 Å². The third-order valence-corrected chi connectivity index (χ3v) is 2.95. The normalized spacial score (nSPS) is 18.3. The summed E-state index contributed by atoms with van der Waals surface area (Å²) in [4.78, 5) is 11.7. The van der Waals surface area contributed by atoms with Crippen LogP contribution in [0.1, 0.15) is 19.3 Å². The highest BCUT2D eigenvalue weighted by Gasteiger charge is 2.18. The van der Waals surface area contributed by atoms with Gasteiger partial charge >= 0.3 is 0 Å². The fourth-order valence-electron chi connectivity index (χ4n) is 1.93. The van der Waals surface area contributed by atoms with Crippen LogP contribution in [0.4, 0.5) is 5.69 Å². The monoisotopic (exact) mass is 264 g/mol. The Morgan fingerprint density at radius 3 is 3.05 bits per heavy atom. The average Bonchev–Trinajstić information content (AvgIpc) is 2.91. The van der Waals surface area contributed by atoms with Gasteiger partial charge in [-0.05, 0) is 25.1 Å². The van der Waals surface area contributed by atoms with E-state index in [1.54, 1.807) is 0 Å². The van der Waals surface area contributed by atoms with Crippen molar-refractivity contribution >= 4 is 11.6 Å². The summed E-state index contributed by atoms with van der Waals surface area (Å²) < 4.78 is 11.1. The molecule has 2 rings (SSSR count). The molecule has 1 heterocycles. The number of benzene rings is 1. The highest BCUT2D eigenvalue weighted by atomic mass is 16.5. The van der Waals surface area contributed by atoms with Crippen molar-refractivity contribution in [1.29, 1.82) is 0 Å². The third kappa shape index (κ3) is 4.22. The number of carbonyl (C=O) groups is 1. The van der Waals surface area contributed by atoms with Gasteiger partial charge in [0.2, 0.25) is 5.91 Å². The maximum atomic E-state index is 11.7. The van der Waals surface area contributed by atoms with Gasteiger partial charge in [0.25, 0.3) is 0 Å². The second-order valence-electron chi connectivity index (χ2n) is 4.54. The van der Waals surface area contributed by atoms with Crippen molar-refractivity contribution in [2.45, 2.75) is 25.4 Å². The van der Waals surface area contributed by atoms with E-state index < -0.39 is 0 Å². The van der Waals surface area contributed by atoms with E-state index in [0.717, 1.165) is 13.0 Å². The van der Waals surface area contributed by atoms with E-state index >= 15 is 0 Å². The number of hydrogen-bond donors (Lipinski definition) is 2. The Bertz CT molecular complexity index is 417. The van der Waals surface area contributed by atoms with Gasteiger partial charge in [-0.15, -0.1) is 0 Å². The minimum atomic E-state index is -0.0378. The highest BCUT2D eigenvalue weighted by Crippen LogP contribution is 2.26. The van der Waals surface area contributed by atoms with Crippen LogP contribution in [0.15, 0.2) is 24.3 Å². The van der Waals surface area contributed by atoms with Gasteiger partial charge in [-0.1, -0.05) is 12.1 Å². The van der Waals surface area contributed by atoms with E-state index in [1.807, 2.05) is 24.3 Å². The summed E-state index contributed by atoms with van der Waals surface area (Å²) in [5, 5.41) is 2.86. The maximum Gasteiger partial charge on any atom is 0.224 e. The Morgan fingerprint density at radius 2 is 2.32 bits per heavy atom. The maximum absolute atomic E-state index is 11.7. The van der Waals surface area contributed by atoms with Crippen molar-refractivity contribution in [2.75, 3.05) is 25.1 Å². The first-order valence-electron chi connectivity index (χ1n) is 6.63. The van der Waals surface area contributed by atoms with Crippen LogP contribution < -0.4 is 15.8 Å². The zero-order chi connectivity index (χ0) is 13.5. The summed E-state index contributed by atoms with van der Waals surface area (Å²) >= 11 is 0. The molecule has 1 aromatic carbocycles. The number of anilines is 1. The topological polar surface area (TPSA) is 73.6 Å². The molecule has 1 aliphatic rings. The van der Waals surface area contributed by atoms with Crippen LogP contribution in [-0.4, -0.2) is 31.8 Å². The summed E-state index contributed by atoms with van der Waals surface area (Å²) in [7, 11) is 0. The number of amides is 1. The molecule has 1 fully saturated rings. The van der Waals surface area contributed by atoms with E-state index in [2.05, 4.69) is 5.32 Å². The second kappa shape index (κ2) is 7.11. The Kier molecular flexibility index (Phi) is 5.18. The zero-order valence-corrected chi connectivity index (χ0v) is 10.9. The molecular formula is C14H20N2O3. The number of para-hydroxylation sites is 2. The Hall–Kier alpha value is -1.59. The van der Waals surface area contributed by atoms with Crippen molar-refractivity contribution in [3.05, 3.63) is 24.3 Å². The summed E-state index contributed by atoms with van der Waals surface area (Å²) in [6, 6.07) is 7.46. The SMILES string of the molecule is NCCCC(=O)Nc1ccccc1OC1CCOC1. The predicted molar refractivity (Wildman–Crippen MR) is 73.2 cm³/mol. The van der Waals surface area contributed by atoms with Gasteiger partial charge in [0, 0.05) is 12.8 Å². The first kappa shape index (κ1) is 13.8. The Labute approximate surface area is 113 Å². The van der Waals surface area contributed by atoms with E-state index in [1.165, 1.54) is 0 Å². The number of ether oxygens (including phenoxy) is 2. The van der Waals surface area contributed by atoms with E-state index in [9.17, 15) is 4.79 Å². The fourth-order valence-corrected chi connectivity index (χ4v) is 1.93. The molecule has 0 aromatic heterocycles. The molecule has 0 radical (unpaired) electrons. The quantitative estimate of drug-likeness (QED) is 0.817. The van der Waals surface area contributed by atoms with Crippen LogP contribution in [0.3, 0.4) is 0 Å². The molecule has 0 spiro atoms. The van der Waals surface area contributed by atoms with Gasteiger partial charge in [0.1, 0.15) is 11.9 Å². The molecule has 19 heavy (non-hydrogen) atoms. The summed E-state index contributed by atoms with van der Waals surface area (Å²) in [5.74, 6) is 0.656. The number of rotatable bonds is 6. The van der Waals surface area contributed by atoms with Crippen LogP contribution in [0, 0.1) is 0 Å². The first-order valence-corrected chi connectivity index (χ1v) is 6.63. The van der Waals surface area contributed by atoms with E-state index in [0.29, 0.717) is 37.4 Å². The molecule has 1 aromatic rings. The fraction of sp³-hybridized carbons (Fsp3) is 0.500. The summed E-state index contributed by atoms with van der Waals surface area (Å²) in [6.07, 6.45) is 2.07. The number of nitrogens with two attached hydrogens (primary N) is 1. The first-order chi connectivity index (χ1) is 9.29. The van der Waals surface area contributed by atoms with Crippen molar-refractivity contribution in [3.63, 3.8) is 0 Å². The molecule has 0 saturated carbocycles. The van der Waals surface area contributed by atoms with Crippen molar-refractivity contribution < 1.29 is 14.3 Å². The Morgan fingerprint density at radius 1 is 1.47 bits per heavy atom. The summed E-state index contributed by atoms with van der Waals surface area (Å²) in [5.41, 5.74) is 6.10. The predicted octanol–water partition coefficient (Wildman–Crippen LogP) is 1.53. The van der Waals surface area contributed by atoms with Crippen LogP contribution in [-0.2, 0) is 9.53 Å². The molecular weight excluding hydrogens is 244 g/mol. The molecule has 0 aliphatic carbocycles. The van der Waals surface area contributed by atoms with Gasteiger partial charge in [0.15, 0.2) is 0 Å². The van der Waals surface area contributed by atoms with Crippen LogP contribution in [0.2, 0.25) is 0 Å². The zero-order valence-electron chi connectivity index (χ0n) is 10.9. The number of carbonyl (C=O) groups excluding carboxylic acids is 1. The van der Waals surface area contributed by atoms with Gasteiger partial charge in [0.05, 0.1) is 18.9 Å². The average molecular weight is 264 g/mol. The van der Waals surface area contributed by atoms with Crippen LogP contribution >= 0.6 is 0 Å². The smallest absolute Gasteiger partial charge is 0.224 e. The molecule has 1 atom stereocenters. The van der Waals surface area contributed by atoms with Gasteiger partial charge in [-0.25, -0.2) is 0 Å². The van der Waals surface area contributed by atoms with Gasteiger partial charge < -0.3 is 20.5 Å². The molecule has 1 unspecified atom stereocenters. The second-order valence-corrected chi connectivity index (χ2v) is 4.54. The van der Waals surface area contributed by atoms with E-state index in [4.69, 9.17) is 15.2 Å². The number of nitrogens with one attached hydrogen (secondary N) is 1.